The van der Waals surface area contributed by atoms with E-state index in [2.05, 4.69) is 36.7 Å². The Bertz CT molecular complexity index is 907. The van der Waals surface area contributed by atoms with E-state index in [1.807, 2.05) is 31.2 Å². The molecule has 1 aromatic heterocycles. The van der Waals surface area contributed by atoms with Crippen molar-refractivity contribution in [3.63, 3.8) is 0 Å². The fraction of sp³-hybridized carbons (Fsp3) is 0.600. The van der Waals surface area contributed by atoms with Gasteiger partial charge in [0.25, 0.3) is 5.91 Å². The van der Waals surface area contributed by atoms with Gasteiger partial charge in [-0.2, -0.15) is 0 Å². The average Bonchev–Trinajstić information content (AvgIpc) is 2.71. The third-order valence-corrected chi connectivity index (χ3v) is 6.02. The van der Waals surface area contributed by atoms with E-state index in [-0.39, 0.29) is 5.91 Å². The zero-order valence-corrected chi connectivity index (χ0v) is 20.1. The number of fused-ring (bicyclic) bond motifs is 1. The van der Waals surface area contributed by atoms with Crippen LogP contribution in [-0.4, -0.2) is 47.9 Å². The molecular weight excluding hydrogens is 402 g/mol. The number of hydrogen-bond acceptors (Lipinski definition) is 6. The minimum atomic E-state index is -0.429. The SMILES string of the molecule is CCC(CCNc1nc2ccc(C)cc2cc1C(=O)NC(C)N)NC1CC(C)OC(C)C1. The Hall–Kier alpha value is -2.22. The van der Waals surface area contributed by atoms with Crippen LogP contribution in [0.3, 0.4) is 0 Å². The van der Waals surface area contributed by atoms with E-state index in [0.717, 1.165) is 48.7 Å². The molecular formula is C25H39N5O2. The molecule has 1 aromatic carbocycles. The Morgan fingerprint density at radius 3 is 2.62 bits per heavy atom. The highest BCUT2D eigenvalue weighted by molar-refractivity contribution is 6.02. The summed E-state index contributed by atoms with van der Waals surface area (Å²) >= 11 is 0. The van der Waals surface area contributed by atoms with Crippen molar-refractivity contribution >= 4 is 22.6 Å². The van der Waals surface area contributed by atoms with Gasteiger partial charge in [0.15, 0.2) is 0 Å². The minimum Gasteiger partial charge on any atom is -0.375 e. The average molecular weight is 442 g/mol. The molecule has 5 N–H and O–H groups in total. The van der Waals surface area contributed by atoms with Crippen molar-refractivity contribution in [2.24, 2.45) is 5.73 Å². The van der Waals surface area contributed by atoms with E-state index in [1.165, 1.54) is 0 Å². The first-order valence-electron chi connectivity index (χ1n) is 11.9. The van der Waals surface area contributed by atoms with Crippen LogP contribution in [0.5, 0.6) is 0 Å². The van der Waals surface area contributed by atoms with Gasteiger partial charge in [-0.25, -0.2) is 4.98 Å². The normalized spacial score (nSPS) is 23.0. The first-order valence-corrected chi connectivity index (χ1v) is 11.9. The van der Waals surface area contributed by atoms with Gasteiger partial charge in [0.1, 0.15) is 5.82 Å². The molecule has 4 unspecified atom stereocenters. The Morgan fingerprint density at radius 1 is 1.25 bits per heavy atom. The topological polar surface area (TPSA) is 101 Å². The number of pyridine rings is 1. The van der Waals surface area contributed by atoms with Crippen molar-refractivity contribution in [1.29, 1.82) is 0 Å². The highest BCUT2D eigenvalue weighted by Gasteiger charge is 2.25. The second-order valence-electron chi connectivity index (χ2n) is 9.26. The summed E-state index contributed by atoms with van der Waals surface area (Å²) < 4.78 is 5.87. The van der Waals surface area contributed by atoms with Crippen molar-refractivity contribution < 1.29 is 9.53 Å². The number of rotatable bonds is 9. The molecule has 32 heavy (non-hydrogen) atoms. The molecule has 2 heterocycles. The van der Waals surface area contributed by atoms with Crippen LogP contribution in [0.4, 0.5) is 5.82 Å². The number of aryl methyl sites for hydroxylation is 1. The Balaban J connectivity index is 1.69. The zero-order valence-electron chi connectivity index (χ0n) is 20.1. The molecule has 1 amide bonds. The second-order valence-corrected chi connectivity index (χ2v) is 9.26. The highest BCUT2D eigenvalue weighted by Crippen LogP contribution is 2.23. The van der Waals surface area contributed by atoms with E-state index in [1.54, 1.807) is 6.92 Å². The first-order chi connectivity index (χ1) is 15.2. The maximum Gasteiger partial charge on any atom is 0.256 e. The number of nitrogens with two attached hydrogens (primary N) is 1. The molecule has 1 aliphatic rings. The number of hydrogen-bond donors (Lipinski definition) is 4. The number of amides is 1. The molecule has 7 heteroatoms. The monoisotopic (exact) mass is 441 g/mol. The first kappa shape index (κ1) is 24.4. The molecule has 0 bridgehead atoms. The molecule has 2 aromatic rings. The highest BCUT2D eigenvalue weighted by atomic mass is 16.5. The molecule has 0 saturated carbocycles. The molecule has 4 atom stereocenters. The van der Waals surface area contributed by atoms with Crippen LogP contribution in [0.15, 0.2) is 24.3 Å². The van der Waals surface area contributed by atoms with Crippen LogP contribution < -0.4 is 21.7 Å². The fourth-order valence-corrected chi connectivity index (χ4v) is 4.53. The molecule has 1 aliphatic heterocycles. The smallest absolute Gasteiger partial charge is 0.256 e. The third kappa shape index (κ3) is 6.64. The van der Waals surface area contributed by atoms with Crippen molar-refractivity contribution in [3.8, 4) is 0 Å². The summed E-state index contributed by atoms with van der Waals surface area (Å²) in [7, 11) is 0. The van der Waals surface area contributed by atoms with Gasteiger partial charge in [-0.3, -0.25) is 4.79 Å². The van der Waals surface area contributed by atoms with E-state index in [0.29, 0.717) is 35.7 Å². The third-order valence-electron chi connectivity index (χ3n) is 6.02. The maximum atomic E-state index is 12.8. The molecule has 1 saturated heterocycles. The van der Waals surface area contributed by atoms with Gasteiger partial charge in [0, 0.05) is 24.0 Å². The number of carbonyl (C=O) groups is 1. The summed E-state index contributed by atoms with van der Waals surface area (Å²) in [5.74, 6) is 0.386. The summed E-state index contributed by atoms with van der Waals surface area (Å²) in [6.07, 6.45) is 4.24. The molecule has 3 rings (SSSR count). The van der Waals surface area contributed by atoms with Crippen molar-refractivity contribution in [3.05, 3.63) is 35.4 Å². The minimum absolute atomic E-state index is 0.214. The Kier molecular flexibility index (Phi) is 8.45. The quantitative estimate of drug-likeness (QED) is 0.443. The second kappa shape index (κ2) is 11.1. The summed E-state index contributed by atoms with van der Waals surface area (Å²) in [5, 5.41) is 11.0. The number of nitrogens with one attached hydrogen (secondary N) is 3. The van der Waals surface area contributed by atoms with Gasteiger partial charge in [-0.05, 0) is 71.6 Å². The van der Waals surface area contributed by atoms with Crippen LogP contribution in [0.1, 0.15) is 69.3 Å². The van der Waals surface area contributed by atoms with Gasteiger partial charge in [-0.15, -0.1) is 0 Å². The number of ether oxygens (including phenoxy) is 1. The molecule has 176 valence electrons. The predicted octanol–water partition coefficient (Wildman–Crippen LogP) is 3.70. The van der Waals surface area contributed by atoms with Gasteiger partial charge >= 0.3 is 0 Å². The summed E-state index contributed by atoms with van der Waals surface area (Å²) in [5.41, 5.74) is 8.31. The molecule has 0 radical (unpaired) electrons. The van der Waals surface area contributed by atoms with Crippen LogP contribution in [-0.2, 0) is 4.74 Å². The summed E-state index contributed by atoms with van der Waals surface area (Å²) in [6, 6.07) is 8.85. The van der Waals surface area contributed by atoms with Crippen molar-refractivity contribution in [1.82, 2.24) is 15.6 Å². The molecule has 7 nitrogen and oxygen atoms in total. The van der Waals surface area contributed by atoms with E-state index >= 15 is 0 Å². The number of carbonyl (C=O) groups excluding carboxylic acids is 1. The Labute approximate surface area is 191 Å². The lowest BCUT2D eigenvalue weighted by molar-refractivity contribution is -0.0436. The number of anilines is 1. The largest absolute Gasteiger partial charge is 0.375 e. The van der Waals surface area contributed by atoms with E-state index < -0.39 is 6.17 Å². The molecule has 0 spiro atoms. The maximum absolute atomic E-state index is 12.8. The van der Waals surface area contributed by atoms with E-state index in [4.69, 9.17) is 15.5 Å². The van der Waals surface area contributed by atoms with Crippen LogP contribution in [0.25, 0.3) is 10.9 Å². The van der Waals surface area contributed by atoms with E-state index in [9.17, 15) is 4.79 Å². The van der Waals surface area contributed by atoms with Crippen molar-refractivity contribution in [2.45, 2.75) is 90.8 Å². The standard InChI is InChI=1S/C25H39N5O2/c1-6-20(29-21-12-16(3)32-17(4)13-21)9-10-27-24-22(25(31)28-18(5)26)14-19-11-15(2)7-8-23(19)30-24/h7-8,11,14,16-18,20-21,29H,6,9-10,12-13,26H2,1-5H3,(H,27,30)(H,28,31). The number of benzene rings is 1. The fourth-order valence-electron chi connectivity index (χ4n) is 4.53. The predicted molar refractivity (Wildman–Crippen MR) is 131 cm³/mol. The molecule has 0 aliphatic carbocycles. The number of nitrogens with zero attached hydrogens (tertiary/aromatic N) is 1. The lowest BCUT2D eigenvalue weighted by Gasteiger charge is -2.35. The van der Waals surface area contributed by atoms with Crippen LogP contribution in [0, 0.1) is 6.92 Å². The van der Waals surface area contributed by atoms with Crippen molar-refractivity contribution in [2.75, 3.05) is 11.9 Å². The Morgan fingerprint density at radius 2 is 1.97 bits per heavy atom. The lowest BCUT2D eigenvalue weighted by atomic mass is 9.98. The van der Waals surface area contributed by atoms with Gasteiger partial charge in [0.2, 0.25) is 0 Å². The van der Waals surface area contributed by atoms with Gasteiger partial charge < -0.3 is 26.4 Å². The lowest BCUT2D eigenvalue weighted by Crippen LogP contribution is -2.46. The van der Waals surface area contributed by atoms with Crippen LogP contribution in [0.2, 0.25) is 0 Å². The summed E-state index contributed by atoms with van der Waals surface area (Å²) in [6.45, 7) is 11.0. The van der Waals surface area contributed by atoms with Crippen LogP contribution >= 0.6 is 0 Å². The van der Waals surface area contributed by atoms with Gasteiger partial charge in [0.05, 0.1) is 29.5 Å². The summed E-state index contributed by atoms with van der Waals surface area (Å²) in [4.78, 5) is 17.5. The number of aromatic nitrogens is 1. The molecule has 1 fully saturated rings. The van der Waals surface area contributed by atoms with Gasteiger partial charge in [-0.1, -0.05) is 18.6 Å². The zero-order chi connectivity index (χ0) is 23.3.